The highest BCUT2D eigenvalue weighted by Crippen LogP contribution is 2.20. The Bertz CT molecular complexity index is 492. The van der Waals surface area contributed by atoms with Crippen molar-refractivity contribution in [1.82, 2.24) is 15.8 Å². The Balaban J connectivity index is 1.51. The van der Waals surface area contributed by atoms with Gasteiger partial charge in [-0.2, -0.15) is 0 Å². The number of piperidine rings is 1. The number of hydrazine groups is 1. The maximum Gasteiger partial charge on any atom is 0.260 e. The average molecular weight is 272 g/mol. The lowest BCUT2D eigenvalue weighted by atomic mass is 9.95. The first-order valence-corrected chi connectivity index (χ1v) is 7.17. The topological polar surface area (TPSA) is 56.7 Å². The number of rotatable bonds is 3. The summed E-state index contributed by atoms with van der Waals surface area (Å²) < 4.78 is 0. The zero-order chi connectivity index (χ0) is 13.8. The Kier molecular flexibility index (Phi) is 3.97. The van der Waals surface area contributed by atoms with Gasteiger partial charge < -0.3 is 0 Å². The summed E-state index contributed by atoms with van der Waals surface area (Å²) in [6.07, 6.45) is 2.18. The van der Waals surface area contributed by atoms with Gasteiger partial charge in [0.1, 0.15) is 12.4 Å². The van der Waals surface area contributed by atoms with Gasteiger partial charge in [0.25, 0.3) is 5.91 Å². The number of nitrogens with zero attached hydrogens (tertiary/aromatic N) is 2. The van der Waals surface area contributed by atoms with Crippen LogP contribution in [0, 0.1) is 5.92 Å². The Morgan fingerprint density at radius 1 is 1.15 bits per heavy atom. The highest BCUT2D eigenvalue weighted by molar-refractivity contribution is 5.92. The Morgan fingerprint density at radius 2 is 1.90 bits per heavy atom. The normalized spacial score (nSPS) is 21.0. The predicted molar refractivity (Wildman–Crippen MR) is 78.0 cm³/mol. The Labute approximate surface area is 119 Å². The zero-order valence-electron chi connectivity index (χ0n) is 11.5. The van der Waals surface area contributed by atoms with Crippen LogP contribution in [0.5, 0.6) is 0 Å². The molecule has 0 aliphatic carbocycles. The first-order chi connectivity index (χ1) is 9.81. The molecule has 0 bridgehead atoms. The van der Waals surface area contributed by atoms with Gasteiger partial charge in [-0.05, 0) is 31.5 Å². The minimum atomic E-state index is -0.0599. The Hall–Kier alpha value is -1.88. The molecule has 1 amide bonds. The molecular formula is C15H20N4O. The van der Waals surface area contributed by atoms with Gasteiger partial charge in [0, 0.05) is 12.5 Å². The Morgan fingerprint density at radius 3 is 2.55 bits per heavy atom. The van der Waals surface area contributed by atoms with Crippen LogP contribution in [0.25, 0.3) is 0 Å². The fraction of sp³-hybridized carbons (Fsp3) is 0.467. The number of hydrogen-bond acceptors (Lipinski definition) is 4. The maximum atomic E-state index is 11.1. The van der Waals surface area contributed by atoms with E-state index in [1.807, 2.05) is 0 Å². The molecule has 2 heterocycles. The molecule has 1 aromatic rings. The lowest BCUT2D eigenvalue weighted by molar-refractivity contribution is -0.120. The highest BCUT2D eigenvalue weighted by atomic mass is 16.2. The molecule has 0 radical (unpaired) electrons. The number of benzene rings is 1. The van der Waals surface area contributed by atoms with E-state index in [-0.39, 0.29) is 12.5 Å². The molecule has 0 unspecified atom stereocenters. The van der Waals surface area contributed by atoms with Crippen LogP contribution in [0.4, 0.5) is 0 Å². The smallest absolute Gasteiger partial charge is 0.260 e. The van der Waals surface area contributed by atoms with E-state index in [0.29, 0.717) is 5.92 Å². The molecule has 2 aliphatic heterocycles. The van der Waals surface area contributed by atoms with Crippen LogP contribution in [0.15, 0.2) is 35.3 Å². The molecule has 2 aliphatic rings. The number of carbonyl (C=O) groups excluding carboxylic acids is 1. The van der Waals surface area contributed by atoms with Crippen molar-refractivity contribution in [2.45, 2.75) is 19.4 Å². The van der Waals surface area contributed by atoms with Gasteiger partial charge in [-0.25, -0.2) is 0 Å². The van der Waals surface area contributed by atoms with Gasteiger partial charge in [0.2, 0.25) is 0 Å². The molecule has 1 saturated heterocycles. The molecule has 1 fully saturated rings. The first kappa shape index (κ1) is 13.1. The predicted octanol–water partition coefficient (Wildman–Crippen LogP) is 0.931. The molecule has 0 atom stereocenters. The van der Waals surface area contributed by atoms with Crippen LogP contribution in [0.3, 0.4) is 0 Å². The van der Waals surface area contributed by atoms with Crippen molar-refractivity contribution in [2.75, 3.05) is 19.6 Å². The minimum absolute atomic E-state index is 0.0599. The third-order valence-electron chi connectivity index (χ3n) is 3.95. The first-order valence-electron chi connectivity index (χ1n) is 7.17. The van der Waals surface area contributed by atoms with E-state index in [1.165, 1.54) is 5.56 Å². The summed E-state index contributed by atoms with van der Waals surface area (Å²) in [5, 5.41) is 0. The SMILES string of the molecule is O=C1CN=C(C2CCN(Cc3ccccc3)CC2)NN1. The maximum absolute atomic E-state index is 11.1. The molecule has 1 aromatic carbocycles. The van der Waals surface area contributed by atoms with Crippen LogP contribution >= 0.6 is 0 Å². The van der Waals surface area contributed by atoms with Crippen LogP contribution in [0.1, 0.15) is 18.4 Å². The number of hydrogen-bond donors (Lipinski definition) is 2. The molecule has 3 rings (SSSR count). The fourth-order valence-corrected chi connectivity index (χ4v) is 2.81. The molecule has 5 nitrogen and oxygen atoms in total. The standard InChI is InChI=1S/C15H20N4O/c20-14-10-16-15(18-17-14)13-6-8-19(9-7-13)11-12-4-2-1-3-5-12/h1-5,13H,6-11H2,(H,16,18)(H,17,20). The minimum Gasteiger partial charge on any atom is -0.299 e. The van der Waals surface area contributed by atoms with Crippen molar-refractivity contribution < 1.29 is 4.79 Å². The van der Waals surface area contributed by atoms with Gasteiger partial charge in [0.05, 0.1) is 0 Å². The quantitative estimate of drug-likeness (QED) is 0.860. The third-order valence-corrected chi connectivity index (χ3v) is 3.95. The third kappa shape index (κ3) is 3.17. The highest BCUT2D eigenvalue weighted by Gasteiger charge is 2.25. The van der Waals surface area contributed by atoms with E-state index >= 15 is 0 Å². The number of carbonyl (C=O) groups is 1. The van der Waals surface area contributed by atoms with Crippen molar-refractivity contribution in [1.29, 1.82) is 0 Å². The summed E-state index contributed by atoms with van der Waals surface area (Å²) in [5.41, 5.74) is 6.95. The van der Waals surface area contributed by atoms with Gasteiger partial charge in [-0.3, -0.25) is 25.5 Å². The van der Waals surface area contributed by atoms with E-state index < -0.39 is 0 Å². The molecule has 0 aromatic heterocycles. The van der Waals surface area contributed by atoms with Crippen molar-refractivity contribution in [3.63, 3.8) is 0 Å². The molecule has 2 N–H and O–H groups in total. The van der Waals surface area contributed by atoms with Crippen LogP contribution < -0.4 is 10.9 Å². The number of amidine groups is 1. The van der Waals surface area contributed by atoms with Crippen LogP contribution in [-0.4, -0.2) is 36.3 Å². The second-order valence-electron chi connectivity index (χ2n) is 5.41. The van der Waals surface area contributed by atoms with Crippen molar-refractivity contribution in [2.24, 2.45) is 10.9 Å². The molecule has 20 heavy (non-hydrogen) atoms. The van der Waals surface area contributed by atoms with Crippen LogP contribution in [0.2, 0.25) is 0 Å². The van der Waals surface area contributed by atoms with Crippen molar-refractivity contribution >= 4 is 11.7 Å². The van der Waals surface area contributed by atoms with Gasteiger partial charge in [0.15, 0.2) is 0 Å². The van der Waals surface area contributed by atoms with E-state index in [4.69, 9.17) is 0 Å². The number of aliphatic imine (C=N–C) groups is 1. The second kappa shape index (κ2) is 6.05. The molecule has 0 spiro atoms. The zero-order valence-corrected chi connectivity index (χ0v) is 11.5. The average Bonchev–Trinajstić information content (AvgIpc) is 2.50. The largest absolute Gasteiger partial charge is 0.299 e. The van der Waals surface area contributed by atoms with Crippen molar-refractivity contribution in [3.05, 3.63) is 35.9 Å². The summed E-state index contributed by atoms with van der Waals surface area (Å²) in [6.45, 7) is 3.43. The summed E-state index contributed by atoms with van der Waals surface area (Å²) in [7, 11) is 0. The van der Waals surface area contributed by atoms with E-state index in [9.17, 15) is 4.79 Å². The monoisotopic (exact) mass is 272 g/mol. The summed E-state index contributed by atoms with van der Waals surface area (Å²) >= 11 is 0. The van der Waals surface area contributed by atoms with Gasteiger partial charge in [-0.1, -0.05) is 30.3 Å². The summed E-state index contributed by atoms with van der Waals surface area (Å²) in [4.78, 5) is 17.9. The van der Waals surface area contributed by atoms with Crippen LogP contribution in [-0.2, 0) is 11.3 Å². The second-order valence-corrected chi connectivity index (χ2v) is 5.41. The fourth-order valence-electron chi connectivity index (χ4n) is 2.81. The number of amides is 1. The lowest BCUT2D eigenvalue weighted by Crippen LogP contribution is -2.51. The van der Waals surface area contributed by atoms with Crippen molar-refractivity contribution in [3.8, 4) is 0 Å². The summed E-state index contributed by atoms with van der Waals surface area (Å²) in [6, 6.07) is 10.6. The molecular weight excluding hydrogens is 252 g/mol. The van der Waals surface area contributed by atoms with Gasteiger partial charge >= 0.3 is 0 Å². The molecule has 5 heteroatoms. The van der Waals surface area contributed by atoms with E-state index in [2.05, 4.69) is 51.1 Å². The molecule has 106 valence electrons. The molecule has 0 saturated carbocycles. The number of nitrogens with one attached hydrogen (secondary N) is 2. The number of likely N-dealkylation sites (tertiary alicyclic amines) is 1. The van der Waals surface area contributed by atoms with Gasteiger partial charge in [-0.15, -0.1) is 0 Å². The van der Waals surface area contributed by atoms with E-state index in [1.54, 1.807) is 0 Å². The lowest BCUT2D eigenvalue weighted by Gasteiger charge is -2.33. The summed E-state index contributed by atoms with van der Waals surface area (Å²) in [5.74, 6) is 1.34. The van der Waals surface area contributed by atoms with E-state index in [0.717, 1.165) is 38.3 Å².